The lowest BCUT2D eigenvalue weighted by atomic mass is 10.2. The minimum Gasteiger partial charge on any atom is -0.307 e. The first kappa shape index (κ1) is 9.34. The number of fused-ring (bicyclic) bond motifs is 1. The monoisotopic (exact) mass is 205 g/mol. The van der Waals surface area contributed by atoms with Gasteiger partial charge in [0.25, 0.3) is 0 Å². The SMILES string of the molecule is C=C1CN(C(C)=O)c2ccccc2S1. The number of hydrogen-bond donors (Lipinski definition) is 0. The molecular formula is C11H11NOS. The molecule has 0 saturated heterocycles. The third-order valence-electron chi connectivity index (χ3n) is 2.12. The summed E-state index contributed by atoms with van der Waals surface area (Å²) < 4.78 is 0. The fourth-order valence-electron chi connectivity index (χ4n) is 1.50. The van der Waals surface area contributed by atoms with Gasteiger partial charge < -0.3 is 4.90 Å². The number of carbonyl (C=O) groups is 1. The second-order valence-electron chi connectivity index (χ2n) is 3.21. The molecule has 3 heteroatoms. The number of para-hydroxylation sites is 1. The standard InChI is InChI=1S/C11H11NOS/c1-8-7-12(9(2)13)10-5-3-4-6-11(10)14-8/h3-6H,1,7H2,2H3. The highest BCUT2D eigenvalue weighted by Gasteiger charge is 2.21. The van der Waals surface area contributed by atoms with Crippen LogP contribution < -0.4 is 4.90 Å². The molecule has 0 atom stereocenters. The van der Waals surface area contributed by atoms with E-state index in [1.807, 2.05) is 24.3 Å². The van der Waals surface area contributed by atoms with Gasteiger partial charge in [0.2, 0.25) is 5.91 Å². The quantitative estimate of drug-likeness (QED) is 0.649. The molecule has 2 rings (SSSR count). The van der Waals surface area contributed by atoms with Crippen LogP contribution in [0.25, 0.3) is 0 Å². The lowest BCUT2D eigenvalue weighted by molar-refractivity contribution is -0.116. The second kappa shape index (κ2) is 3.50. The van der Waals surface area contributed by atoms with E-state index in [1.54, 1.807) is 23.6 Å². The van der Waals surface area contributed by atoms with Crippen LogP contribution in [0.5, 0.6) is 0 Å². The van der Waals surface area contributed by atoms with Crippen LogP contribution >= 0.6 is 11.8 Å². The molecule has 0 spiro atoms. The Morgan fingerprint density at radius 1 is 1.50 bits per heavy atom. The summed E-state index contributed by atoms with van der Waals surface area (Å²) in [6.07, 6.45) is 0. The summed E-state index contributed by atoms with van der Waals surface area (Å²) in [7, 11) is 0. The molecule has 1 aromatic rings. The third-order valence-corrected chi connectivity index (χ3v) is 3.11. The average molecular weight is 205 g/mol. The van der Waals surface area contributed by atoms with E-state index < -0.39 is 0 Å². The van der Waals surface area contributed by atoms with Crippen molar-refractivity contribution in [2.45, 2.75) is 11.8 Å². The third kappa shape index (κ3) is 1.55. The van der Waals surface area contributed by atoms with E-state index >= 15 is 0 Å². The molecule has 1 amide bonds. The number of benzene rings is 1. The van der Waals surface area contributed by atoms with Crippen LogP contribution in [0.15, 0.2) is 40.6 Å². The first-order valence-corrected chi connectivity index (χ1v) is 5.23. The molecule has 1 aromatic carbocycles. The molecule has 0 radical (unpaired) electrons. The summed E-state index contributed by atoms with van der Waals surface area (Å²) in [6, 6.07) is 7.91. The molecule has 1 aliphatic rings. The van der Waals surface area contributed by atoms with Crippen molar-refractivity contribution >= 4 is 23.4 Å². The molecule has 0 unspecified atom stereocenters. The molecule has 72 valence electrons. The summed E-state index contributed by atoms with van der Waals surface area (Å²) in [5, 5.41) is 0. The Morgan fingerprint density at radius 3 is 2.93 bits per heavy atom. The van der Waals surface area contributed by atoms with Gasteiger partial charge in [-0.3, -0.25) is 4.79 Å². The van der Waals surface area contributed by atoms with Crippen molar-refractivity contribution in [1.29, 1.82) is 0 Å². The highest BCUT2D eigenvalue weighted by molar-refractivity contribution is 8.03. The van der Waals surface area contributed by atoms with Gasteiger partial charge in [0.1, 0.15) is 0 Å². The van der Waals surface area contributed by atoms with Gasteiger partial charge in [0.05, 0.1) is 12.2 Å². The van der Waals surface area contributed by atoms with Gasteiger partial charge in [-0.25, -0.2) is 0 Å². The largest absolute Gasteiger partial charge is 0.307 e. The zero-order chi connectivity index (χ0) is 10.1. The molecule has 2 nitrogen and oxygen atoms in total. The maximum absolute atomic E-state index is 11.4. The van der Waals surface area contributed by atoms with Crippen LogP contribution in [0.1, 0.15) is 6.92 Å². The van der Waals surface area contributed by atoms with E-state index in [9.17, 15) is 4.79 Å². The normalized spacial score (nSPS) is 15.2. The average Bonchev–Trinajstić information content (AvgIpc) is 2.16. The number of anilines is 1. The van der Waals surface area contributed by atoms with Crippen molar-refractivity contribution in [2.24, 2.45) is 0 Å². The Hall–Kier alpha value is -1.22. The Kier molecular flexibility index (Phi) is 2.33. The number of rotatable bonds is 0. The van der Waals surface area contributed by atoms with Gasteiger partial charge in [-0.05, 0) is 12.1 Å². The number of nitrogens with zero attached hydrogens (tertiary/aromatic N) is 1. The Bertz CT molecular complexity index is 400. The second-order valence-corrected chi connectivity index (χ2v) is 4.43. The van der Waals surface area contributed by atoms with Gasteiger partial charge in [-0.1, -0.05) is 30.5 Å². The van der Waals surface area contributed by atoms with E-state index in [0.717, 1.165) is 15.5 Å². The Labute approximate surface area is 87.6 Å². The molecule has 14 heavy (non-hydrogen) atoms. The zero-order valence-corrected chi connectivity index (χ0v) is 8.80. The van der Waals surface area contributed by atoms with Crippen LogP contribution in [-0.4, -0.2) is 12.5 Å². The predicted molar refractivity (Wildman–Crippen MR) is 59.5 cm³/mol. The van der Waals surface area contributed by atoms with E-state index in [4.69, 9.17) is 0 Å². The van der Waals surface area contributed by atoms with Crippen molar-refractivity contribution in [2.75, 3.05) is 11.4 Å². The van der Waals surface area contributed by atoms with Crippen molar-refractivity contribution < 1.29 is 4.79 Å². The summed E-state index contributed by atoms with van der Waals surface area (Å²) in [4.78, 5) is 15.3. The van der Waals surface area contributed by atoms with E-state index in [2.05, 4.69) is 6.58 Å². The fraction of sp³-hybridized carbons (Fsp3) is 0.182. The summed E-state index contributed by atoms with van der Waals surface area (Å²) in [5.74, 6) is 0.0684. The number of carbonyl (C=O) groups excluding carboxylic acids is 1. The van der Waals surface area contributed by atoms with Crippen molar-refractivity contribution in [1.82, 2.24) is 0 Å². The van der Waals surface area contributed by atoms with Crippen molar-refractivity contribution in [3.63, 3.8) is 0 Å². The predicted octanol–water partition coefficient (Wildman–Crippen LogP) is 2.66. The Morgan fingerprint density at radius 2 is 2.21 bits per heavy atom. The first-order valence-electron chi connectivity index (χ1n) is 4.41. The molecule has 0 saturated carbocycles. The van der Waals surface area contributed by atoms with E-state index in [1.165, 1.54) is 0 Å². The summed E-state index contributed by atoms with van der Waals surface area (Å²) in [5.41, 5.74) is 0.998. The van der Waals surface area contributed by atoms with E-state index in [0.29, 0.717) is 6.54 Å². The minimum absolute atomic E-state index is 0.0684. The molecule has 0 aromatic heterocycles. The van der Waals surface area contributed by atoms with Crippen molar-refractivity contribution in [3.8, 4) is 0 Å². The van der Waals surface area contributed by atoms with Crippen LogP contribution in [0.3, 0.4) is 0 Å². The maximum atomic E-state index is 11.4. The first-order chi connectivity index (χ1) is 6.68. The van der Waals surface area contributed by atoms with Crippen LogP contribution in [0, 0.1) is 0 Å². The van der Waals surface area contributed by atoms with Crippen LogP contribution in [-0.2, 0) is 4.79 Å². The summed E-state index contributed by atoms with van der Waals surface area (Å²) >= 11 is 1.64. The summed E-state index contributed by atoms with van der Waals surface area (Å²) in [6.45, 7) is 6.12. The highest BCUT2D eigenvalue weighted by atomic mass is 32.2. The number of amides is 1. The van der Waals surface area contributed by atoms with Gasteiger partial charge in [0.15, 0.2) is 0 Å². The minimum atomic E-state index is 0.0684. The van der Waals surface area contributed by atoms with Crippen LogP contribution in [0.2, 0.25) is 0 Å². The molecule has 0 N–H and O–H groups in total. The molecular weight excluding hydrogens is 194 g/mol. The highest BCUT2D eigenvalue weighted by Crippen LogP contribution is 2.39. The van der Waals surface area contributed by atoms with Crippen LogP contribution in [0.4, 0.5) is 5.69 Å². The van der Waals surface area contributed by atoms with Gasteiger partial charge in [-0.15, -0.1) is 0 Å². The van der Waals surface area contributed by atoms with Gasteiger partial charge in [0, 0.05) is 16.7 Å². The molecule has 1 aliphatic heterocycles. The fourth-order valence-corrected chi connectivity index (χ4v) is 2.43. The Balaban J connectivity index is 2.48. The number of thioether (sulfide) groups is 1. The zero-order valence-electron chi connectivity index (χ0n) is 7.99. The number of hydrogen-bond acceptors (Lipinski definition) is 2. The maximum Gasteiger partial charge on any atom is 0.224 e. The van der Waals surface area contributed by atoms with Gasteiger partial charge >= 0.3 is 0 Å². The topological polar surface area (TPSA) is 20.3 Å². The smallest absolute Gasteiger partial charge is 0.224 e. The van der Waals surface area contributed by atoms with Gasteiger partial charge in [-0.2, -0.15) is 0 Å². The molecule has 0 aliphatic carbocycles. The molecule has 0 fully saturated rings. The van der Waals surface area contributed by atoms with E-state index in [-0.39, 0.29) is 5.91 Å². The molecule has 1 heterocycles. The molecule has 0 bridgehead atoms. The lowest BCUT2D eigenvalue weighted by Gasteiger charge is -2.29. The van der Waals surface area contributed by atoms with Crippen molar-refractivity contribution in [3.05, 3.63) is 35.7 Å². The lowest BCUT2D eigenvalue weighted by Crippen LogP contribution is -2.32.